The van der Waals surface area contributed by atoms with Crippen molar-refractivity contribution in [2.45, 2.75) is 20.0 Å². The fourth-order valence-corrected chi connectivity index (χ4v) is 2.13. The van der Waals surface area contributed by atoms with Gasteiger partial charge in [0.05, 0.1) is 18.2 Å². The molecule has 2 N–H and O–H groups in total. The number of rotatable bonds is 5. The van der Waals surface area contributed by atoms with Crippen molar-refractivity contribution in [3.8, 4) is 0 Å². The third-order valence-electron chi connectivity index (χ3n) is 3.25. The van der Waals surface area contributed by atoms with Crippen LogP contribution in [-0.4, -0.2) is 36.5 Å². The van der Waals surface area contributed by atoms with Gasteiger partial charge in [0, 0.05) is 30.4 Å². The van der Waals surface area contributed by atoms with Gasteiger partial charge in [-0.25, -0.2) is 0 Å². The summed E-state index contributed by atoms with van der Waals surface area (Å²) in [5.74, 6) is 0. The quantitative estimate of drug-likeness (QED) is 0.866. The summed E-state index contributed by atoms with van der Waals surface area (Å²) in [7, 11) is 1.58. The van der Waals surface area contributed by atoms with Crippen molar-refractivity contribution in [3.63, 3.8) is 0 Å². The Kier molecular flexibility index (Phi) is 4.35. The molecule has 0 radical (unpaired) electrons. The molecule has 19 heavy (non-hydrogen) atoms. The van der Waals surface area contributed by atoms with Gasteiger partial charge in [0.2, 0.25) is 0 Å². The maximum Gasteiger partial charge on any atom is 0.0945 e. The minimum Gasteiger partial charge on any atom is -0.389 e. The molecule has 0 fully saturated rings. The number of hydrogen-bond acceptors (Lipinski definition) is 4. The number of aryl methyl sites for hydroxylation is 1. The van der Waals surface area contributed by atoms with E-state index >= 15 is 0 Å². The Balaban J connectivity index is 2.32. The van der Waals surface area contributed by atoms with E-state index in [1.54, 1.807) is 7.11 Å². The van der Waals surface area contributed by atoms with E-state index in [0.717, 1.165) is 27.8 Å². The molecule has 0 aliphatic carbocycles. The van der Waals surface area contributed by atoms with Crippen molar-refractivity contribution in [3.05, 3.63) is 35.5 Å². The van der Waals surface area contributed by atoms with Crippen LogP contribution in [0, 0.1) is 13.8 Å². The van der Waals surface area contributed by atoms with E-state index in [0.29, 0.717) is 13.2 Å². The lowest BCUT2D eigenvalue weighted by atomic mass is 10.1. The lowest BCUT2D eigenvalue weighted by molar-refractivity contribution is 0.0728. The van der Waals surface area contributed by atoms with Crippen molar-refractivity contribution in [1.82, 2.24) is 4.98 Å². The van der Waals surface area contributed by atoms with Crippen molar-refractivity contribution >= 4 is 16.6 Å². The highest BCUT2D eigenvalue weighted by Crippen LogP contribution is 2.27. The number of aliphatic hydroxyl groups excluding tert-OH is 1. The highest BCUT2D eigenvalue weighted by Gasteiger charge is 2.10. The lowest BCUT2D eigenvalue weighted by Gasteiger charge is -2.17. The smallest absolute Gasteiger partial charge is 0.0945 e. The summed E-state index contributed by atoms with van der Waals surface area (Å²) in [6.45, 7) is 4.83. The average Bonchev–Trinajstić information content (AvgIpc) is 2.39. The lowest BCUT2D eigenvalue weighted by Crippen LogP contribution is -2.24. The largest absolute Gasteiger partial charge is 0.389 e. The number of para-hydroxylation sites is 1. The first-order chi connectivity index (χ1) is 9.13. The van der Waals surface area contributed by atoms with Gasteiger partial charge in [0.15, 0.2) is 0 Å². The van der Waals surface area contributed by atoms with Gasteiger partial charge in [-0.05, 0) is 25.5 Å². The van der Waals surface area contributed by atoms with Gasteiger partial charge >= 0.3 is 0 Å². The summed E-state index contributed by atoms with van der Waals surface area (Å²) in [5, 5.41) is 14.1. The maximum absolute atomic E-state index is 9.74. The molecule has 2 rings (SSSR count). The summed E-state index contributed by atoms with van der Waals surface area (Å²) < 4.78 is 4.93. The molecule has 4 heteroatoms. The van der Waals surface area contributed by atoms with Crippen LogP contribution in [0.25, 0.3) is 10.9 Å². The Labute approximate surface area is 113 Å². The second kappa shape index (κ2) is 5.99. The number of aromatic nitrogens is 1. The number of benzene rings is 1. The van der Waals surface area contributed by atoms with E-state index in [4.69, 9.17) is 4.74 Å². The third kappa shape index (κ3) is 3.03. The van der Waals surface area contributed by atoms with E-state index in [1.807, 2.05) is 38.1 Å². The van der Waals surface area contributed by atoms with E-state index < -0.39 is 6.10 Å². The van der Waals surface area contributed by atoms with Gasteiger partial charge in [0.25, 0.3) is 0 Å². The fraction of sp³-hybridized carbons (Fsp3) is 0.400. The Bertz CT molecular complexity index is 569. The predicted octanol–water partition coefficient (Wildman–Crippen LogP) is 2.27. The van der Waals surface area contributed by atoms with Crippen LogP contribution in [0.15, 0.2) is 24.3 Å². The third-order valence-corrected chi connectivity index (χ3v) is 3.25. The van der Waals surface area contributed by atoms with Gasteiger partial charge in [-0.1, -0.05) is 18.2 Å². The molecule has 1 unspecified atom stereocenters. The molecule has 2 aromatic rings. The van der Waals surface area contributed by atoms with Crippen molar-refractivity contribution < 1.29 is 9.84 Å². The van der Waals surface area contributed by atoms with Crippen LogP contribution >= 0.6 is 0 Å². The van der Waals surface area contributed by atoms with E-state index in [1.165, 1.54) is 0 Å². The molecule has 0 spiro atoms. The molecule has 0 aliphatic heterocycles. The molecule has 0 saturated carbocycles. The molecule has 0 amide bonds. The number of nitrogens with one attached hydrogen (secondary N) is 1. The Hall–Kier alpha value is -1.65. The zero-order valence-corrected chi connectivity index (χ0v) is 11.6. The molecule has 0 bridgehead atoms. The van der Waals surface area contributed by atoms with Crippen molar-refractivity contribution in [2.75, 3.05) is 25.6 Å². The molecule has 0 aliphatic rings. The number of aliphatic hydroxyl groups is 1. The van der Waals surface area contributed by atoms with Crippen LogP contribution in [0.5, 0.6) is 0 Å². The van der Waals surface area contributed by atoms with Crippen LogP contribution in [0.1, 0.15) is 11.3 Å². The zero-order chi connectivity index (χ0) is 13.8. The minimum atomic E-state index is -0.517. The van der Waals surface area contributed by atoms with Crippen LogP contribution in [-0.2, 0) is 4.74 Å². The number of pyridine rings is 1. The number of anilines is 1. The summed E-state index contributed by atoms with van der Waals surface area (Å²) in [6.07, 6.45) is -0.517. The molecular weight excluding hydrogens is 240 g/mol. The van der Waals surface area contributed by atoms with Crippen molar-refractivity contribution in [2.24, 2.45) is 0 Å². The topological polar surface area (TPSA) is 54.4 Å². The summed E-state index contributed by atoms with van der Waals surface area (Å²) in [4.78, 5) is 4.57. The van der Waals surface area contributed by atoms with E-state index in [2.05, 4.69) is 10.3 Å². The fourth-order valence-electron chi connectivity index (χ4n) is 2.13. The SMILES string of the molecule is COCC(O)CNc1c(C)c(C)nc2ccccc12. The molecule has 1 aromatic heterocycles. The van der Waals surface area contributed by atoms with Gasteiger partial charge in [0.1, 0.15) is 0 Å². The summed E-state index contributed by atoms with van der Waals surface area (Å²) in [5.41, 5.74) is 4.12. The summed E-state index contributed by atoms with van der Waals surface area (Å²) in [6, 6.07) is 8.02. The molecule has 1 aromatic carbocycles. The Morgan fingerprint density at radius 1 is 1.32 bits per heavy atom. The minimum absolute atomic E-state index is 0.327. The second-order valence-electron chi connectivity index (χ2n) is 4.70. The molecule has 1 heterocycles. The first-order valence-electron chi connectivity index (χ1n) is 6.40. The molecule has 102 valence electrons. The van der Waals surface area contributed by atoms with Crippen LogP contribution < -0.4 is 5.32 Å². The number of methoxy groups -OCH3 is 1. The van der Waals surface area contributed by atoms with Crippen molar-refractivity contribution in [1.29, 1.82) is 0 Å². The summed E-state index contributed by atoms with van der Waals surface area (Å²) >= 11 is 0. The highest BCUT2D eigenvalue weighted by atomic mass is 16.5. The van der Waals surface area contributed by atoms with E-state index in [9.17, 15) is 5.11 Å². The molecular formula is C15H20N2O2. The molecule has 4 nitrogen and oxygen atoms in total. The van der Waals surface area contributed by atoms with Gasteiger partial charge < -0.3 is 15.2 Å². The van der Waals surface area contributed by atoms with Gasteiger partial charge in [-0.15, -0.1) is 0 Å². The molecule has 1 atom stereocenters. The standard InChI is InChI=1S/C15H20N2O2/c1-10-11(2)17-14-7-5-4-6-13(14)15(10)16-8-12(18)9-19-3/h4-7,12,18H,8-9H2,1-3H3,(H,16,17). The van der Waals surface area contributed by atoms with Crippen LogP contribution in [0.4, 0.5) is 5.69 Å². The maximum atomic E-state index is 9.74. The first-order valence-corrected chi connectivity index (χ1v) is 6.40. The predicted molar refractivity (Wildman–Crippen MR) is 77.6 cm³/mol. The van der Waals surface area contributed by atoms with E-state index in [-0.39, 0.29) is 0 Å². The normalized spacial score (nSPS) is 12.6. The number of nitrogens with zero attached hydrogens (tertiary/aromatic N) is 1. The van der Waals surface area contributed by atoms with Gasteiger partial charge in [-0.2, -0.15) is 0 Å². The number of ether oxygens (including phenoxy) is 1. The Morgan fingerprint density at radius 3 is 2.79 bits per heavy atom. The van der Waals surface area contributed by atoms with Crippen LogP contribution in [0.3, 0.4) is 0 Å². The average molecular weight is 260 g/mol. The van der Waals surface area contributed by atoms with Gasteiger partial charge in [-0.3, -0.25) is 4.98 Å². The number of fused-ring (bicyclic) bond motifs is 1. The highest BCUT2D eigenvalue weighted by molar-refractivity contribution is 5.93. The monoisotopic (exact) mass is 260 g/mol. The molecule has 0 saturated heterocycles. The zero-order valence-electron chi connectivity index (χ0n) is 11.6. The number of hydrogen-bond donors (Lipinski definition) is 2. The van der Waals surface area contributed by atoms with Crippen LogP contribution in [0.2, 0.25) is 0 Å². The second-order valence-corrected chi connectivity index (χ2v) is 4.70. The Morgan fingerprint density at radius 2 is 2.05 bits per heavy atom. The first kappa shape index (κ1) is 13.8.